The van der Waals surface area contributed by atoms with Gasteiger partial charge in [-0.1, -0.05) is 39.7 Å². The van der Waals surface area contributed by atoms with Crippen molar-refractivity contribution in [3.05, 3.63) is 68.4 Å². The lowest BCUT2D eigenvalue weighted by atomic mass is 9.96. The average Bonchev–Trinajstić information content (AvgIpc) is 2.40. The lowest BCUT2D eigenvalue weighted by Gasteiger charge is -2.19. The number of hydrogen-bond donors (Lipinski definition) is 1. The monoisotopic (exact) mass is 355 g/mol. The van der Waals surface area contributed by atoms with Crippen molar-refractivity contribution in [1.82, 2.24) is 5.32 Å². The molecule has 0 saturated heterocycles. The van der Waals surface area contributed by atoms with Crippen molar-refractivity contribution in [2.24, 2.45) is 0 Å². The molecule has 0 fully saturated rings. The zero-order chi connectivity index (χ0) is 14.7. The van der Waals surface area contributed by atoms with Crippen molar-refractivity contribution in [3.63, 3.8) is 0 Å². The SMILES string of the molecule is CNC(Cc1cc(F)ccc1C)c1ccc(Br)cc1Cl. The van der Waals surface area contributed by atoms with Crippen LogP contribution in [0.2, 0.25) is 5.02 Å². The number of rotatable bonds is 4. The van der Waals surface area contributed by atoms with E-state index < -0.39 is 0 Å². The molecule has 0 bridgehead atoms. The van der Waals surface area contributed by atoms with Gasteiger partial charge in [0.2, 0.25) is 0 Å². The van der Waals surface area contributed by atoms with Crippen molar-refractivity contribution >= 4 is 27.5 Å². The van der Waals surface area contributed by atoms with Gasteiger partial charge in [0.1, 0.15) is 5.82 Å². The fourth-order valence-electron chi connectivity index (χ4n) is 2.23. The molecule has 1 unspecified atom stereocenters. The van der Waals surface area contributed by atoms with Gasteiger partial charge in [0.25, 0.3) is 0 Å². The van der Waals surface area contributed by atoms with Crippen LogP contribution in [0.15, 0.2) is 40.9 Å². The molecule has 2 rings (SSSR count). The van der Waals surface area contributed by atoms with E-state index in [1.54, 1.807) is 12.1 Å². The Balaban J connectivity index is 2.31. The minimum atomic E-state index is -0.206. The second-order valence-electron chi connectivity index (χ2n) is 4.78. The molecule has 0 amide bonds. The van der Waals surface area contributed by atoms with E-state index in [-0.39, 0.29) is 11.9 Å². The minimum Gasteiger partial charge on any atom is -0.313 e. The fraction of sp³-hybridized carbons (Fsp3) is 0.250. The molecule has 0 radical (unpaired) electrons. The summed E-state index contributed by atoms with van der Waals surface area (Å²) in [7, 11) is 1.89. The molecule has 20 heavy (non-hydrogen) atoms. The molecular formula is C16H16BrClFN. The summed E-state index contributed by atoms with van der Waals surface area (Å²) in [5.74, 6) is -0.206. The maximum Gasteiger partial charge on any atom is 0.123 e. The summed E-state index contributed by atoms with van der Waals surface area (Å²) >= 11 is 9.70. The predicted molar refractivity (Wildman–Crippen MR) is 85.8 cm³/mol. The van der Waals surface area contributed by atoms with E-state index in [1.807, 2.05) is 32.2 Å². The van der Waals surface area contributed by atoms with E-state index in [4.69, 9.17) is 11.6 Å². The highest BCUT2D eigenvalue weighted by Crippen LogP contribution is 2.29. The Morgan fingerprint density at radius 2 is 2.00 bits per heavy atom. The molecule has 2 aromatic rings. The Hall–Kier alpha value is -0.900. The first kappa shape index (κ1) is 15.5. The van der Waals surface area contributed by atoms with Gasteiger partial charge in [-0.15, -0.1) is 0 Å². The van der Waals surface area contributed by atoms with Crippen LogP contribution in [0.5, 0.6) is 0 Å². The van der Waals surface area contributed by atoms with Crippen LogP contribution < -0.4 is 5.32 Å². The van der Waals surface area contributed by atoms with Crippen molar-refractivity contribution in [3.8, 4) is 0 Å². The van der Waals surface area contributed by atoms with E-state index >= 15 is 0 Å². The van der Waals surface area contributed by atoms with E-state index in [0.29, 0.717) is 11.4 Å². The van der Waals surface area contributed by atoms with Gasteiger partial charge in [0.15, 0.2) is 0 Å². The number of halogens is 3. The molecule has 0 aliphatic rings. The van der Waals surface area contributed by atoms with Gasteiger partial charge in [-0.25, -0.2) is 4.39 Å². The molecule has 0 aliphatic heterocycles. The van der Waals surface area contributed by atoms with Crippen molar-refractivity contribution in [1.29, 1.82) is 0 Å². The topological polar surface area (TPSA) is 12.0 Å². The van der Waals surface area contributed by atoms with Gasteiger partial charge >= 0.3 is 0 Å². The second-order valence-corrected chi connectivity index (χ2v) is 6.10. The van der Waals surface area contributed by atoms with E-state index in [1.165, 1.54) is 6.07 Å². The molecular weight excluding hydrogens is 341 g/mol. The summed E-state index contributed by atoms with van der Waals surface area (Å²) in [4.78, 5) is 0. The Morgan fingerprint density at radius 3 is 2.65 bits per heavy atom. The van der Waals surface area contributed by atoms with Crippen LogP contribution in [0, 0.1) is 12.7 Å². The summed E-state index contributed by atoms with van der Waals surface area (Å²) in [6, 6.07) is 10.8. The molecule has 4 heteroatoms. The van der Waals surface area contributed by atoms with Gasteiger partial charge in [-0.05, 0) is 61.3 Å². The summed E-state index contributed by atoms with van der Waals surface area (Å²) in [5, 5.41) is 3.95. The molecule has 0 aliphatic carbocycles. The number of likely N-dealkylation sites (N-methyl/N-ethyl adjacent to an activating group) is 1. The highest BCUT2D eigenvalue weighted by molar-refractivity contribution is 9.10. The first-order valence-electron chi connectivity index (χ1n) is 6.38. The van der Waals surface area contributed by atoms with Crippen LogP contribution in [0.1, 0.15) is 22.7 Å². The van der Waals surface area contributed by atoms with E-state index in [2.05, 4.69) is 21.2 Å². The maximum absolute atomic E-state index is 13.4. The molecule has 0 saturated carbocycles. The molecule has 1 atom stereocenters. The van der Waals surface area contributed by atoms with Crippen LogP contribution in [0.4, 0.5) is 4.39 Å². The van der Waals surface area contributed by atoms with Crippen molar-refractivity contribution in [2.45, 2.75) is 19.4 Å². The molecule has 0 spiro atoms. The summed E-state index contributed by atoms with van der Waals surface area (Å²) in [6.07, 6.45) is 0.696. The van der Waals surface area contributed by atoms with Crippen LogP contribution in [-0.4, -0.2) is 7.05 Å². The summed E-state index contributed by atoms with van der Waals surface area (Å²) < 4.78 is 14.3. The third-order valence-corrected chi connectivity index (χ3v) is 4.24. The Labute approximate surface area is 132 Å². The Kier molecular flexibility index (Phi) is 5.19. The second kappa shape index (κ2) is 6.70. The molecule has 2 aromatic carbocycles. The molecule has 0 heterocycles. The summed E-state index contributed by atoms with van der Waals surface area (Å²) in [5.41, 5.74) is 3.09. The van der Waals surface area contributed by atoms with Gasteiger partial charge in [-0.2, -0.15) is 0 Å². The largest absolute Gasteiger partial charge is 0.313 e. The predicted octanol–water partition coefficient (Wildman–Crippen LogP) is 5.05. The fourth-order valence-corrected chi connectivity index (χ4v) is 3.04. The molecule has 0 aromatic heterocycles. The molecule has 106 valence electrons. The number of hydrogen-bond acceptors (Lipinski definition) is 1. The van der Waals surface area contributed by atoms with Gasteiger partial charge in [-0.3, -0.25) is 0 Å². The number of aryl methyl sites for hydroxylation is 1. The van der Waals surface area contributed by atoms with E-state index in [9.17, 15) is 4.39 Å². The van der Waals surface area contributed by atoms with Crippen molar-refractivity contribution < 1.29 is 4.39 Å². The standard InChI is InChI=1S/C16H16BrClFN/c1-10-3-5-13(19)7-11(10)8-16(20-2)14-6-4-12(17)9-15(14)18/h3-7,9,16,20H,8H2,1-2H3. The average molecular weight is 357 g/mol. The third-order valence-electron chi connectivity index (χ3n) is 3.42. The van der Waals surface area contributed by atoms with Crippen LogP contribution in [0.25, 0.3) is 0 Å². The van der Waals surface area contributed by atoms with Gasteiger partial charge in [0, 0.05) is 15.5 Å². The Morgan fingerprint density at radius 1 is 1.25 bits per heavy atom. The first-order chi connectivity index (χ1) is 9.51. The quantitative estimate of drug-likeness (QED) is 0.808. The minimum absolute atomic E-state index is 0.0519. The van der Waals surface area contributed by atoms with Crippen LogP contribution in [0.3, 0.4) is 0 Å². The van der Waals surface area contributed by atoms with Gasteiger partial charge < -0.3 is 5.32 Å². The highest BCUT2D eigenvalue weighted by Gasteiger charge is 2.15. The maximum atomic E-state index is 13.4. The van der Waals surface area contributed by atoms with Crippen LogP contribution >= 0.6 is 27.5 Å². The molecule has 1 N–H and O–H groups in total. The van der Waals surface area contributed by atoms with Crippen molar-refractivity contribution in [2.75, 3.05) is 7.05 Å². The van der Waals surface area contributed by atoms with E-state index in [0.717, 1.165) is 21.2 Å². The Bertz CT molecular complexity index is 615. The number of benzene rings is 2. The lowest BCUT2D eigenvalue weighted by molar-refractivity contribution is 0.582. The smallest absolute Gasteiger partial charge is 0.123 e. The number of nitrogens with one attached hydrogen (secondary N) is 1. The zero-order valence-electron chi connectivity index (χ0n) is 11.4. The lowest BCUT2D eigenvalue weighted by Crippen LogP contribution is -2.19. The zero-order valence-corrected chi connectivity index (χ0v) is 13.7. The third kappa shape index (κ3) is 3.60. The normalized spacial score (nSPS) is 12.4. The first-order valence-corrected chi connectivity index (χ1v) is 7.55. The van der Waals surface area contributed by atoms with Crippen LogP contribution in [-0.2, 0) is 6.42 Å². The van der Waals surface area contributed by atoms with Gasteiger partial charge in [0.05, 0.1) is 0 Å². The highest BCUT2D eigenvalue weighted by atomic mass is 79.9. The molecule has 1 nitrogen and oxygen atoms in total. The summed E-state index contributed by atoms with van der Waals surface area (Å²) in [6.45, 7) is 1.99.